The monoisotopic (exact) mass is 248 g/mol. The molecule has 0 radical (unpaired) electrons. The number of benzene rings is 1. The van der Waals surface area contributed by atoms with Crippen molar-refractivity contribution in [3.05, 3.63) is 52.8 Å². The molecule has 0 amide bonds. The Bertz CT molecular complexity index is 511. The number of hydrogen-bond donors (Lipinski definition) is 1. The van der Waals surface area contributed by atoms with E-state index in [-0.39, 0.29) is 0 Å². The maximum absolute atomic E-state index is 6.00. The van der Waals surface area contributed by atoms with Crippen molar-refractivity contribution in [3.63, 3.8) is 0 Å². The van der Waals surface area contributed by atoms with E-state index in [1.54, 1.807) is 24.4 Å². The van der Waals surface area contributed by atoms with Crippen molar-refractivity contribution < 1.29 is 4.74 Å². The molecule has 0 aliphatic rings. The van der Waals surface area contributed by atoms with Gasteiger partial charge in [0, 0.05) is 23.1 Å². The van der Waals surface area contributed by atoms with Crippen molar-refractivity contribution in [1.29, 1.82) is 0 Å². The van der Waals surface area contributed by atoms with Gasteiger partial charge in [-0.3, -0.25) is 4.98 Å². The van der Waals surface area contributed by atoms with E-state index in [0.29, 0.717) is 23.1 Å². The van der Waals surface area contributed by atoms with Crippen molar-refractivity contribution >= 4 is 17.3 Å². The fourth-order valence-electron chi connectivity index (χ4n) is 1.38. The Labute approximate surface area is 105 Å². The summed E-state index contributed by atoms with van der Waals surface area (Å²) in [5.74, 6) is 0.626. The molecule has 0 spiro atoms. The van der Waals surface area contributed by atoms with Crippen molar-refractivity contribution in [2.75, 3.05) is 5.73 Å². The quantitative estimate of drug-likeness (QED) is 0.849. The number of aromatic nitrogens is 1. The van der Waals surface area contributed by atoms with Crippen LogP contribution in [0.4, 0.5) is 5.69 Å². The molecule has 2 aromatic rings. The molecule has 0 aliphatic carbocycles. The second kappa shape index (κ2) is 5.06. The Kier molecular flexibility index (Phi) is 3.49. The van der Waals surface area contributed by atoms with Crippen LogP contribution >= 0.6 is 11.6 Å². The van der Waals surface area contributed by atoms with Crippen LogP contribution in [0.2, 0.25) is 5.02 Å². The highest BCUT2D eigenvalue weighted by Gasteiger charge is 2.02. The van der Waals surface area contributed by atoms with E-state index in [4.69, 9.17) is 22.1 Å². The first-order valence-corrected chi connectivity index (χ1v) is 5.62. The maximum atomic E-state index is 6.00. The zero-order valence-electron chi connectivity index (χ0n) is 9.48. The van der Waals surface area contributed by atoms with E-state index in [1.807, 2.05) is 19.1 Å². The number of nitrogens with two attached hydrogens (primary N) is 1. The number of nitrogen functional groups attached to an aromatic ring is 1. The normalized spacial score (nSPS) is 10.2. The second-order valence-corrected chi connectivity index (χ2v) is 4.19. The lowest BCUT2D eigenvalue weighted by Crippen LogP contribution is -1.97. The molecule has 1 aromatic carbocycles. The lowest BCUT2D eigenvalue weighted by Gasteiger charge is -2.08. The largest absolute Gasteiger partial charge is 0.487 e. The van der Waals surface area contributed by atoms with Gasteiger partial charge in [0.05, 0.1) is 5.02 Å². The molecule has 0 unspecified atom stereocenters. The molecule has 2 N–H and O–H groups in total. The van der Waals surface area contributed by atoms with Crippen LogP contribution < -0.4 is 10.5 Å². The Morgan fingerprint density at radius 3 is 2.76 bits per heavy atom. The van der Waals surface area contributed by atoms with Gasteiger partial charge in [-0.1, -0.05) is 17.7 Å². The van der Waals surface area contributed by atoms with Crippen LogP contribution in [0.3, 0.4) is 0 Å². The van der Waals surface area contributed by atoms with E-state index in [9.17, 15) is 0 Å². The van der Waals surface area contributed by atoms with Gasteiger partial charge in [-0.05, 0) is 31.2 Å². The summed E-state index contributed by atoms with van der Waals surface area (Å²) in [6, 6.07) is 9.12. The molecule has 3 nitrogen and oxygen atoms in total. The van der Waals surface area contributed by atoms with E-state index in [2.05, 4.69) is 4.98 Å². The summed E-state index contributed by atoms with van der Waals surface area (Å²) in [6.45, 7) is 2.39. The van der Waals surface area contributed by atoms with E-state index >= 15 is 0 Å². The zero-order chi connectivity index (χ0) is 12.3. The topological polar surface area (TPSA) is 48.1 Å². The van der Waals surface area contributed by atoms with Gasteiger partial charge in [-0.15, -0.1) is 0 Å². The van der Waals surface area contributed by atoms with Crippen molar-refractivity contribution in [2.24, 2.45) is 0 Å². The molecule has 4 heteroatoms. The predicted molar refractivity (Wildman–Crippen MR) is 69.2 cm³/mol. The predicted octanol–water partition coefficient (Wildman–Crippen LogP) is 3.20. The van der Waals surface area contributed by atoms with Crippen molar-refractivity contribution in [3.8, 4) is 5.75 Å². The number of aryl methyl sites for hydroxylation is 1. The molecule has 1 aromatic heterocycles. The molecule has 17 heavy (non-hydrogen) atoms. The third-order valence-corrected chi connectivity index (χ3v) is 2.62. The number of anilines is 1. The summed E-state index contributed by atoms with van der Waals surface area (Å²) in [5, 5.41) is 0.519. The first-order chi connectivity index (χ1) is 8.15. The van der Waals surface area contributed by atoms with Crippen LogP contribution in [-0.2, 0) is 6.61 Å². The molecule has 0 bridgehead atoms. The molecule has 0 aliphatic heterocycles. The van der Waals surface area contributed by atoms with Crippen LogP contribution in [0.1, 0.15) is 11.3 Å². The SMILES string of the molecule is Cc1ccc(COc2ccc(N)cc2Cl)cn1. The standard InChI is InChI=1S/C13H13ClN2O/c1-9-2-3-10(7-16-9)8-17-13-5-4-11(15)6-12(13)14/h2-7H,8,15H2,1H3. The minimum absolute atomic E-state index is 0.441. The van der Waals surface area contributed by atoms with Gasteiger partial charge < -0.3 is 10.5 Å². The lowest BCUT2D eigenvalue weighted by molar-refractivity contribution is 0.306. The van der Waals surface area contributed by atoms with Crippen LogP contribution in [0.15, 0.2) is 36.5 Å². The fourth-order valence-corrected chi connectivity index (χ4v) is 1.62. The first-order valence-electron chi connectivity index (χ1n) is 5.24. The zero-order valence-corrected chi connectivity index (χ0v) is 10.2. The summed E-state index contributed by atoms with van der Waals surface area (Å²) < 4.78 is 5.59. The number of pyridine rings is 1. The minimum Gasteiger partial charge on any atom is -0.487 e. The van der Waals surface area contributed by atoms with Gasteiger partial charge in [-0.25, -0.2) is 0 Å². The Morgan fingerprint density at radius 2 is 2.12 bits per heavy atom. The van der Waals surface area contributed by atoms with E-state index in [0.717, 1.165) is 11.3 Å². The average Bonchev–Trinajstić information content (AvgIpc) is 2.30. The first kappa shape index (κ1) is 11.7. The summed E-state index contributed by atoms with van der Waals surface area (Å²) in [7, 11) is 0. The second-order valence-electron chi connectivity index (χ2n) is 3.79. The van der Waals surface area contributed by atoms with Gasteiger partial charge >= 0.3 is 0 Å². The van der Waals surface area contributed by atoms with Crippen molar-refractivity contribution in [2.45, 2.75) is 13.5 Å². The Balaban J connectivity index is 2.04. The Morgan fingerprint density at radius 1 is 1.29 bits per heavy atom. The summed E-state index contributed by atoms with van der Waals surface area (Å²) in [5.41, 5.74) is 8.21. The third kappa shape index (κ3) is 3.11. The number of halogens is 1. The Hall–Kier alpha value is -1.74. The highest BCUT2D eigenvalue weighted by molar-refractivity contribution is 6.32. The number of ether oxygens (including phenoxy) is 1. The molecule has 0 fully saturated rings. The smallest absolute Gasteiger partial charge is 0.138 e. The van der Waals surface area contributed by atoms with Gasteiger partial charge in [0.15, 0.2) is 0 Å². The van der Waals surface area contributed by atoms with E-state index < -0.39 is 0 Å². The van der Waals surface area contributed by atoms with Gasteiger partial charge in [-0.2, -0.15) is 0 Å². The summed E-state index contributed by atoms with van der Waals surface area (Å²) in [6.07, 6.45) is 1.79. The van der Waals surface area contributed by atoms with E-state index in [1.165, 1.54) is 0 Å². The fraction of sp³-hybridized carbons (Fsp3) is 0.154. The third-order valence-electron chi connectivity index (χ3n) is 2.32. The molecule has 0 atom stereocenters. The average molecular weight is 249 g/mol. The van der Waals surface area contributed by atoms with Crippen LogP contribution in [0, 0.1) is 6.92 Å². The molecule has 0 saturated heterocycles. The summed E-state index contributed by atoms with van der Waals surface area (Å²) in [4.78, 5) is 4.19. The lowest BCUT2D eigenvalue weighted by atomic mass is 10.2. The molecule has 2 rings (SSSR count). The van der Waals surface area contributed by atoms with Crippen LogP contribution in [0.25, 0.3) is 0 Å². The van der Waals surface area contributed by atoms with Gasteiger partial charge in [0.1, 0.15) is 12.4 Å². The molecule has 88 valence electrons. The maximum Gasteiger partial charge on any atom is 0.138 e. The summed E-state index contributed by atoms with van der Waals surface area (Å²) >= 11 is 6.00. The molecular formula is C13H13ClN2O. The van der Waals surface area contributed by atoms with Gasteiger partial charge in [0.25, 0.3) is 0 Å². The number of hydrogen-bond acceptors (Lipinski definition) is 3. The van der Waals surface area contributed by atoms with Crippen LogP contribution in [0.5, 0.6) is 5.75 Å². The number of nitrogens with zero attached hydrogens (tertiary/aromatic N) is 1. The number of rotatable bonds is 3. The van der Waals surface area contributed by atoms with Crippen LogP contribution in [-0.4, -0.2) is 4.98 Å². The molecule has 1 heterocycles. The highest BCUT2D eigenvalue weighted by Crippen LogP contribution is 2.26. The minimum atomic E-state index is 0.441. The van der Waals surface area contributed by atoms with Crippen molar-refractivity contribution in [1.82, 2.24) is 4.98 Å². The van der Waals surface area contributed by atoms with Gasteiger partial charge in [0.2, 0.25) is 0 Å². The molecular weight excluding hydrogens is 236 g/mol. The molecule has 0 saturated carbocycles. The highest BCUT2D eigenvalue weighted by atomic mass is 35.5.